The van der Waals surface area contributed by atoms with E-state index in [4.69, 9.17) is 5.73 Å². The van der Waals surface area contributed by atoms with Crippen molar-refractivity contribution in [2.75, 3.05) is 13.6 Å². The Morgan fingerprint density at radius 2 is 1.79 bits per heavy atom. The first-order valence-corrected chi connectivity index (χ1v) is 8.10. The van der Waals surface area contributed by atoms with E-state index in [9.17, 15) is 4.79 Å². The maximum atomic E-state index is 12.8. The average molecular weight is 266 g/mol. The molecule has 2 rings (SSSR count). The average Bonchev–Trinajstić information content (AvgIpc) is 2.96. The van der Waals surface area contributed by atoms with Gasteiger partial charge in [0.2, 0.25) is 5.91 Å². The van der Waals surface area contributed by atoms with Crippen molar-refractivity contribution in [3.63, 3.8) is 0 Å². The number of carbonyl (C=O) groups excluding carboxylic acids is 1. The van der Waals surface area contributed by atoms with Crippen LogP contribution in [0.15, 0.2) is 0 Å². The molecule has 0 aromatic heterocycles. The van der Waals surface area contributed by atoms with Crippen LogP contribution in [0.25, 0.3) is 0 Å². The Kier molecular flexibility index (Phi) is 4.88. The van der Waals surface area contributed by atoms with Crippen LogP contribution < -0.4 is 5.73 Å². The fourth-order valence-corrected chi connectivity index (χ4v) is 4.04. The zero-order valence-electron chi connectivity index (χ0n) is 12.7. The molecule has 3 heteroatoms. The van der Waals surface area contributed by atoms with E-state index in [1.54, 1.807) is 0 Å². The van der Waals surface area contributed by atoms with Gasteiger partial charge in [0, 0.05) is 19.6 Å². The number of hydrogen-bond acceptors (Lipinski definition) is 2. The highest BCUT2D eigenvalue weighted by molar-refractivity contribution is 5.83. The zero-order valence-corrected chi connectivity index (χ0v) is 12.7. The number of amides is 1. The van der Waals surface area contributed by atoms with Crippen molar-refractivity contribution in [1.82, 2.24) is 4.90 Å². The molecule has 2 N–H and O–H groups in total. The highest BCUT2D eigenvalue weighted by Gasteiger charge is 2.43. The van der Waals surface area contributed by atoms with Gasteiger partial charge < -0.3 is 10.6 Å². The molecule has 0 atom stereocenters. The van der Waals surface area contributed by atoms with E-state index in [2.05, 4.69) is 6.92 Å². The highest BCUT2D eigenvalue weighted by Crippen LogP contribution is 2.40. The van der Waals surface area contributed by atoms with Gasteiger partial charge in [0.25, 0.3) is 0 Å². The first-order valence-electron chi connectivity index (χ1n) is 8.10. The molecule has 0 radical (unpaired) electrons. The second-order valence-corrected chi connectivity index (χ2v) is 6.69. The van der Waals surface area contributed by atoms with E-state index in [1.165, 1.54) is 44.9 Å². The van der Waals surface area contributed by atoms with E-state index in [0.717, 1.165) is 18.8 Å². The predicted octanol–water partition coefficient (Wildman–Crippen LogP) is 2.93. The van der Waals surface area contributed by atoms with Crippen molar-refractivity contribution in [3.8, 4) is 0 Å². The first kappa shape index (κ1) is 14.8. The molecule has 110 valence electrons. The Morgan fingerprint density at radius 1 is 1.21 bits per heavy atom. The smallest absolute Gasteiger partial charge is 0.230 e. The maximum Gasteiger partial charge on any atom is 0.230 e. The van der Waals surface area contributed by atoms with Crippen LogP contribution in [0.3, 0.4) is 0 Å². The molecule has 1 amide bonds. The third-order valence-corrected chi connectivity index (χ3v) is 5.67. The summed E-state index contributed by atoms with van der Waals surface area (Å²) in [5, 5.41) is 0. The van der Waals surface area contributed by atoms with Gasteiger partial charge in [-0.05, 0) is 44.4 Å². The maximum absolute atomic E-state index is 12.8. The quantitative estimate of drug-likeness (QED) is 0.850. The fourth-order valence-electron chi connectivity index (χ4n) is 4.04. The van der Waals surface area contributed by atoms with E-state index < -0.39 is 0 Å². The van der Waals surface area contributed by atoms with E-state index in [-0.39, 0.29) is 5.41 Å². The van der Waals surface area contributed by atoms with Gasteiger partial charge in [0.05, 0.1) is 5.41 Å². The standard InChI is InChI=1S/C16H30N2O/c1-3-13-6-8-14(9-7-13)18(2)15(19)16(12-17)10-4-5-11-16/h13-14H,3-12,17H2,1-2H3. The highest BCUT2D eigenvalue weighted by atomic mass is 16.2. The summed E-state index contributed by atoms with van der Waals surface area (Å²) in [6, 6.07) is 0.458. The second kappa shape index (κ2) is 6.25. The van der Waals surface area contributed by atoms with Crippen LogP contribution in [0.2, 0.25) is 0 Å². The van der Waals surface area contributed by atoms with Crippen molar-refractivity contribution in [2.45, 2.75) is 70.8 Å². The Hall–Kier alpha value is -0.570. The van der Waals surface area contributed by atoms with E-state index in [1.807, 2.05) is 11.9 Å². The van der Waals surface area contributed by atoms with Crippen LogP contribution >= 0.6 is 0 Å². The summed E-state index contributed by atoms with van der Waals surface area (Å²) < 4.78 is 0. The van der Waals surface area contributed by atoms with Crippen LogP contribution in [0, 0.1) is 11.3 Å². The Balaban J connectivity index is 1.95. The molecular weight excluding hydrogens is 236 g/mol. The van der Waals surface area contributed by atoms with Crippen LogP contribution in [-0.4, -0.2) is 30.4 Å². The van der Waals surface area contributed by atoms with Gasteiger partial charge in [-0.25, -0.2) is 0 Å². The molecule has 0 saturated heterocycles. The van der Waals surface area contributed by atoms with E-state index in [0.29, 0.717) is 18.5 Å². The Morgan fingerprint density at radius 3 is 2.26 bits per heavy atom. The molecule has 0 heterocycles. The van der Waals surface area contributed by atoms with Gasteiger partial charge >= 0.3 is 0 Å². The molecule has 2 aliphatic rings. The van der Waals surface area contributed by atoms with Gasteiger partial charge in [-0.1, -0.05) is 26.2 Å². The van der Waals surface area contributed by atoms with Gasteiger partial charge in [-0.2, -0.15) is 0 Å². The minimum absolute atomic E-state index is 0.226. The molecule has 3 nitrogen and oxygen atoms in total. The molecule has 2 fully saturated rings. The normalized spacial score (nSPS) is 30.3. The third kappa shape index (κ3) is 2.96. The summed E-state index contributed by atoms with van der Waals surface area (Å²) in [6.07, 6.45) is 10.6. The minimum Gasteiger partial charge on any atom is -0.342 e. The summed E-state index contributed by atoms with van der Waals surface area (Å²) in [7, 11) is 2.01. The number of rotatable bonds is 4. The van der Waals surface area contributed by atoms with Gasteiger partial charge in [-0.3, -0.25) is 4.79 Å². The van der Waals surface area contributed by atoms with Crippen LogP contribution in [0.1, 0.15) is 64.7 Å². The van der Waals surface area contributed by atoms with Crippen molar-refractivity contribution < 1.29 is 4.79 Å². The molecule has 0 spiro atoms. The summed E-state index contributed by atoms with van der Waals surface area (Å²) in [5.74, 6) is 1.21. The van der Waals surface area contributed by atoms with Crippen molar-refractivity contribution in [3.05, 3.63) is 0 Å². The summed E-state index contributed by atoms with van der Waals surface area (Å²) in [5.41, 5.74) is 5.71. The third-order valence-electron chi connectivity index (χ3n) is 5.67. The lowest BCUT2D eigenvalue weighted by atomic mass is 9.81. The molecule has 2 aliphatic carbocycles. The van der Waals surface area contributed by atoms with Crippen LogP contribution in [0.5, 0.6) is 0 Å². The van der Waals surface area contributed by atoms with Gasteiger partial charge in [0.15, 0.2) is 0 Å². The topological polar surface area (TPSA) is 46.3 Å². The van der Waals surface area contributed by atoms with Crippen molar-refractivity contribution in [1.29, 1.82) is 0 Å². The number of nitrogens with two attached hydrogens (primary N) is 1. The molecule has 19 heavy (non-hydrogen) atoms. The van der Waals surface area contributed by atoms with Crippen molar-refractivity contribution >= 4 is 5.91 Å². The number of hydrogen-bond donors (Lipinski definition) is 1. The molecule has 0 aliphatic heterocycles. The minimum atomic E-state index is -0.226. The molecular formula is C16H30N2O. The molecule has 0 unspecified atom stereocenters. The molecule has 0 aromatic carbocycles. The second-order valence-electron chi connectivity index (χ2n) is 6.69. The summed E-state index contributed by atoms with van der Waals surface area (Å²) in [6.45, 7) is 2.81. The SMILES string of the molecule is CCC1CCC(N(C)C(=O)C2(CN)CCCC2)CC1. The lowest BCUT2D eigenvalue weighted by Crippen LogP contribution is -2.49. The zero-order chi connectivity index (χ0) is 13.9. The fraction of sp³-hybridized carbons (Fsp3) is 0.938. The predicted molar refractivity (Wildman–Crippen MR) is 78.8 cm³/mol. The molecule has 2 saturated carbocycles. The van der Waals surface area contributed by atoms with Crippen LogP contribution in [-0.2, 0) is 4.79 Å². The molecule has 0 aromatic rings. The Labute approximate surface area is 117 Å². The molecule has 0 bridgehead atoms. The number of carbonyl (C=O) groups is 1. The first-order chi connectivity index (χ1) is 9.13. The largest absolute Gasteiger partial charge is 0.342 e. The van der Waals surface area contributed by atoms with Crippen LogP contribution in [0.4, 0.5) is 0 Å². The van der Waals surface area contributed by atoms with Gasteiger partial charge in [0.1, 0.15) is 0 Å². The lowest BCUT2D eigenvalue weighted by molar-refractivity contribution is -0.143. The summed E-state index contributed by atoms with van der Waals surface area (Å²) in [4.78, 5) is 14.8. The monoisotopic (exact) mass is 266 g/mol. The van der Waals surface area contributed by atoms with E-state index >= 15 is 0 Å². The Bertz CT molecular complexity index is 302. The summed E-state index contributed by atoms with van der Waals surface area (Å²) >= 11 is 0. The number of nitrogens with zero attached hydrogens (tertiary/aromatic N) is 1. The van der Waals surface area contributed by atoms with Gasteiger partial charge in [-0.15, -0.1) is 0 Å². The lowest BCUT2D eigenvalue weighted by Gasteiger charge is -2.39. The van der Waals surface area contributed by atoms with Crippen molar-refractivity contribution in [2.24, 2.45) is 17.1 Å².